The first-order valence-corrected chi connectivity index (χ1v) is 11.1. The first-order valence-electron chi connectivity index (χ1n) is 9.23. The third-order valence-electron chi connectivity index (χ3n) is 5.03. The van der Waals surface area contributed by atoms with Crippen LogP contribution >= 0.6 is 23.1 Å². The Bertz CT molecular complexity index is 972. The number of thiophene rings is 1. The lowest BCUT2D eigenvalue weighted by atomic mass is 9.99. The molecule has 0 aliphatic heterocycles. The largest absolute Gasteiger partial charge is 0.303 e. The van der Waals surface area contributed by atoms with Gasteiger partial charge in [-0.2, -0.15) is 0 Å². The normalized spacial score (nSPS) is 13.9. The van der Waals surface area contributed by atoms with E-state index >= 15 is 0 Å². The first-order chi connectivity index (χ1) is 13.0. The number of thioether (sulfide) groups is 1. The van der Waals surface area contributed by atoms with Crippen molar-refractivity contribution in [1.29, 1.82) is 0 Å². The molecule has 2 aromatic heterocycles. The van der Waals surface area contributed by atoms with Crippen molar-refractivity contribution in [1.82, 2.24) is 14.8 Å². The van der Waals surface area contributed by atoms with E-state index < -0.39 is 0 Å². The van der Waals surface area contributed by atoms with E-state index in [4.69, 9.17) is 0 Å². The lowest BCUT2D eigenvalue weighted by molar-refractivity contribution is 0.102. The molecule has 0 saturated heterocycles. The molecule has 0 bridgehead atoms. The summed E-state index contributed by atoms with van der Waals surface area (Å²) in [6.07, 6.45) is 3.16. The van der Waals surface area contributed by atoms with Crippen LogP contribution in [0.15, 0.2) is 34.8 Å². The molecule has 4 nitrogen and oxygen atoms in total. The van der Waals surface area contributed by atoms with Gasteiger partial charge in [-0.05, 0) is 67.8 Å². The van der Waals surface area contributed by atoms with Crippen LogP contribution in [0.1, 0.15) is 56.6 Å². The van der Waals surface area contributed by atoms with Crippen molar-refractivity contribution in [2.24, 2.45) is 0 Å². The summed E-state index contributed by atoms with van der Waals surface area (Å²) in [5, 5.41) is 11.8. The van der Waals surface area contributed by atoms with Crippen LogP contribution in [0, 0.1) is 20.8 Å². The van der Waals surface area contributed by atoms with Crippen molar-refractivity contribution in [3.63, 3.8) is 0 Å². The molecular formula is C21H23N3OS2. The predicted octanol–water partition coefficient (Wildman–Crippen LogP) is 5.17. The van der Waals surface area contributed by atoms with Crippen molar-refractivity contribution < 1.29 is 4.79 Å². The van der Waals surface area contributed by atoms with Gasteiger partial charge in [0.05, 0.1) is 5.75 Å². The molecule has 6 heteroatoms. The van der Waals surface area contributed by atoms with Crippen LogP contribution in [0.3, 0.4) is 0 Å². The number of benzene rings is 1. The van der Waals surface area contributed by atoms with Crippen molar-refractivity contribution in [2.75, 3.05) is 5.75 Å². The molecule has 0 amide bonds. The minimum atomic E-state index is 0.158. The second kappa shape index (κ2) is 7.60. The zero-order chi connectivity index (χ0) is 19.0. The Hall–Kier alpha value is -1.92. The van der Waals surface area contributed by atoms with Gasteiger partial charge in [0.15, 0.2) is 10.9 Å². The number of ketones is 1. The third kappa shape index (κ3) is 4.01. The van der Waals surface area contributed by atoms with Crippen molar-refractivity contribution in [3.05, 3.63) is 62.6 Å². The molecule has 140 valence electrons. The van der Waals surface area contributed by atoms with Gasteiger partial charge in [-0.25, -0.2) is 0 Å². The summed E-state index contributed by atoms with van der Waals surface area (Å²) >= 11 is 3.26. The fraction of sp³-hybridized carbons (Fsp3) is 0.381. The van der Waals surface area contributed by atoms with Crippen molar-refractivity contribution in [2.45, 2.75) is 51.2 Å². The second-order valence-corrected chi connectivity index (χ2v) is 9.19. The van der Waals surface area contributed by atoms with Crippen LogP contribution in [-0.4, -0.2) is 26.3 Å². The number of aromatic nitrogens is 3. The summed E-state index contributed by atoms with van der Waals surface area (Å²) in [6.45, 7) is 6.15. The van der Waals surface area contributed by atoms with Gasteiger partial charge >= 0.3 is 0 Å². The molecule has 0 unspecified atom stereocenters. The molecule has 1 fully saturated rings. The molecule has 3 aromatic rings. The van der Waals surface area contributed by atoms with E-state index in [1.165, 1.54) is 35.0 Å². The van der Waals surface area contributed by atoms with E-state index in [-0.39, 0.29) is 5.78 Å². The van der Waals surface area contributed by atoms with E-state index in [2.05, 4.69) is 52.2 Å². The number of hydrogen-bond donors (Lipinski definition) is 0. The van der Waals surface area contributed by atoms with Crippen LogP contribution in [0.25, 0.3) is 0 Å². The van der Waals surface area contributed by atoms with Crippen LogP contribution in [0.5, 0.6) is 0 Å². The number of nitrogens with zero attached hydrogens (tertiary/aromatic N) is 3. The number of Topliss-reactive ketones (excluding diaryl/α,β-unsaturated/α-hetero) is 1. The SMILES string of the molecule is Cc1cc(C)c(C(=O)CSc2nnc(Cc3cccs3)n2C2CC2)cc1C. The topological polar surface area (TPSA) is 47.8 Å². The van der Waals surface area contributed by atoms with Crippen molar-refractivity contribution >= 4 is 28.9 Å². The average Bonchev–Trinajstić information content (AvgIpc) is 3.19. The smallest absolute Gasteiger partial charge is 0.191 e. The Labute approximate surface area is 168 Å². The third-order valence-corrected chi connectivity index (χ3v) is 6.85. The molecule has 0 atom stereocenters. The Morgan fingerprint density at radius 1 is 1.19 bits per heavy atom. The van der Waals surface area contributed by atoms with Gasteiger partial charge in [0.1, 0.15) is 5.82 Å². The highest BCUT2D eigenvalue weighted by Gasteiger charge is 2.30. The minimum Gasteiger partial charge on any atom is -0.303 e. The lowest BCUT2D eigenvalue weighted by Crippen LogP contribution is -2.08. The molecule has 1 aliphatic rings. The molecule has 1 aromatic carbocycles. The molecule has 4 rings (SSSR count). The van der Waals surface area contributed by atoms with Crippen LogP contribution < -0.4 is 0 Å². The first kappa shape index (κ1) is 18.4. The molecule has 27 heavy (non-hydrogen) atoms. The lowest BCUT2D eigenvalue weighted by Gasteiger charge is -2.10. The van der Waals surface area contributed by atoms with Gasteiger partial charge < -0.3 is 4.57 Å². The molecule has 1 saturated carbocycles. The number of aryl methyl sites for hydroxylation is 3. The fourth-order valence-corrected chi connectivity index (χ4v) is 4.87. The van der Waals surface area contributed by atoms with E-state index in [0.29, 0.717) is 11.8 Å². The quantitative estimate of drug-likeness (QED) is 0.408. The Morgan fingerprint density at radius 3 is 2.67 bits per heavy atom. The van der Waals surface area contributed by atoms with Gasteiger partial charge in [0.2, 0.25) is 0 Å². The predicted molar refractivity (Wildman–Crippen MR) is 111 cm³/mol. The Kier molecular flexibility index (Phi) is 5.19. The van der Waals surface area contributed by atoms with Gasteiger partial charge in [-0.1, -0.05) is 23.9 Å². The number of carbonyl (C=O) groups excluding carboxylic acids is 1. The summed E-state index contributed by atoms with van der Waals surface area (Å²) in [6, 6.07) is 8.81. The summed E-state index contributed by atoms with van der Waals surface area (Å²) in [5.41, 5.74) is 4.25. The maximum atomic E-state index is 12.8. The van der Waals surface area contributed by atoms with Gasteiger partial charge in [0, 0.05) is 22.9 Å². The van der Waals surface area contributed by atoms with Crippen molar-refractivity contribution in [3.8, 4) is 0 Å². The van der Waals surface area contributed by atoms with Gasteiger partial charge in [0.25, 0.3) is 0 Å². The summed E-state index contributed by atoms with van der Waals surface area (Å²) < 4.78 is 2.25. The zero-order valence-electron chi connectivity index (χ0n) is 15.9. The summed E-state index contributed by atoms with van der Waals surface area (Å²) in [5.74, 6) is 1.57. The van der Waals surface area contributed by atoms with Crippen LogP contribution in [0.4, 0.5) is 0 Å². The maximum absolute atomic E-state index is 12.8. The van der Waals surface area contributed by atoms with Gasteiger partial charge in [-0.3, -0.25) is 4.79 Å². The standard InChI is InChI=1S/C21H23N3OS2/c1-13-9-15(3)18(10-14(13)2)19(25)12-27-21-23-22-20(24(21)16-6-7-16)11-17-5-4-8-26-17/h4-5,8-10,16H,6-7,11-12H2,1-3H3. The van der Waals surface area contributed by atoms with E-state index in [9.17, 15) is 4.79 Å². The molecular weight excluding hydrogens is 374 g/mol. The van der Waals surface area contributed by atoms with E-state index in [1.807, 2.05) is 13.0 Å². The highest BCUT2D eigenvalue weighted by Crippen LogP contribution is 2.39. The number of rotatable bonds is 7. The van der Waals surface area contributed by atoms with Gasteiger partial charge in [-0.15, -0.1) is 21.5 Å². The van der Waals surface area contributed by atoms with E-state index in [1.54, 1.807) is 11.3 Å². The summed E-state index contributed by atoms with van der Waals surface area (Å²) in [7, 11) is 0. The summed E-state index contributed by atoms with van der Waals surface area (Å²) in [4.78, 5) is 14.1. The monoisotopic (exact) mass is 397 g/mol. The second-order valence-electron chi connectivity index (χ2n) is 7.22. The van der Waals surface area contributed by atoms with Crippen LogP contribution in [0.2, 0.25) is 0 Å². The zero-order valence-corrected chi connectivity index (χ0v) is 17.5. The minimum absolute atomic E-state index is 0.158. The Morgan fingerprint density at radius 2 is 1.96 bits per heavy atom. The maximum Gasteiger partial charge on any atom is 0.191 e. The number of carbonyl (C=O) groups is 1. The highest BCUT2D eigenvalue weighted by molar-refractivity contribution is 7.99. The highest BCUT2D eigenvalue weighted by atomic mass is 32.2. The van der Waals surface area contributed by atoms with E-state index in [0.717, 1.165) is 34.1 Å². The molecule has 1 aliphatic carbocycles. The molecule has 2 heterocycles. The molecule has 0 spiro atoms. The van der Waals surface area contributed by atoms with Crippen LogP contribution in [-0.2, 0) is 6.42 Å². The molecule has 0 radical (unpaired) electrons. The molecule has 0 N–H and O–H groups in total. The number of hydrogen-bond acceptors (Lipinski definition) is 5. The Balaban J connectivity index is 1.51. The fourth-order valence-electron chi connectivity index (χ4n) is 3.26. The average molecular weight is 398 g/mol.